The van der Waals surface area contributed by atoms with Crippen LogP contribution in [0.5, 0.6) is 0 Å². The Morgan fingerprint density at radius 2 is 1.81 bits per heavy atom. The summed E-state index contributed by atoms with van der Waals surface area (Å²) in [5, 5.41) is 2.78. The molecule has 0 atom stereocenters. The number of nitrogens with zero attached hydrogens (tertiary/aromatic N) is 1. The molecule has 1 fully saturated rings. The molecule has 1 aliphatic carbocycles. The van der Waals surface area contributed by atoms with E-state index in [1.165, 1.54) is 4.90 Å². The van der Waals surface area contributed by atoms with E-state index >= 15 is 0 Å². The van der Waals surface area contributed by atoms with Gasteiger partial charge in [-0.1, -0.05) is 44.8 Å². The zero-order valence-electron chi connectivity index (χ0n) is 13.1. The van der Waals surface area contributed by atoms with Gasteiger partial charge in [0.1, 0.15) is 0 Å². The van der Waals surface area contributed by atoms with E-state index in [2.05, 4.69) is 5.32 Å². The van der Waals surface area contributed by atoms with Gasteiger partial charge in [-0.15, -0.1) is 0 Å². The maximum Gasteiger partial charge on any atom is 0.239 e. The minimum atomic E-state index is -0.758. The Kier molecular flexibility index (Phi) is 7.08. The zero-order chi connectivity index (χ0) is 15.9. The number of nitrogens with two attached hydrogens (primary N) is 1. The van der Waals surface area contributed by atoms with Crippen LogP contribution in [-0.2, 0) is 9.59 Å². The molecule has 0 aromatic rings. The number of likely N-dealkylation sites (N-methyl/N-ethyl adjacent to an activating group) is 1. The molecule has 0 heterocycles. The van der Waals surface area contributed by atoms with Crippen LogP contribution in [0, 0.1) is 5.41 Å². The van der Waals surface area contributed by atoms with Crippen LogP contribution in [0.1, 0.15) is 51.9 Å². The van der Waals surface area contributed by atoms with Crippen molar-refractivity contribution in [3.05, 3.63) is 0 Å². The van der Waals surface area contributed by atoms with Crippen LogP contribution in [0.4, 0.5) is 0 Å². The Balaban J connectivity index is 2.76. The van der Waals surface area contributed by atoms with Gasteiger partial charge in [0, 0.05) is 13.6 Å². The van der Waals surface area contributed by atoms with Gasteiger partial charge >= 0.3 is 0 Å². The number of hydrogen-bond donors (Lipinski definition) is 2. The van der Waals surface area contributed by atoms with E-state index in [-0.39, 0.29) is 23.3 Å². The van der Waals surface area contributed by atoms with E-state index in [4.69, 9.17) is 18.0 Å². The monoisotopic (exact) mass is 313 g/mol. The minimum absolute atomic E-state index is 0.0587. The molecule has 1 saturated carbocycles. The van der Waals surface area contributed by atoms with Gasteiger partial charge in [0.2, 0.25) is 11.8 Å². The number of amides is 2. The number of carbonyl (C=O) groups excluding carboxylic acids is 2. The smallest absolute Gasteiger partial charge is 0.239 e. The summed E-state index contributed by atoms with van der Waals surface area (Å²) in [6.07, 6.45) is 6.40. The maximum atomic E-state index is 12.8. The highest BCUT2D eigenvalue weighted by Gasteiger charge is 2.43. The van der Waals surface area contributed by atoms with Crippen molar-refractivity contribution in [1.82, 2.24) is 10.2 Å². The Bertz CT molecular complexity index is 390. The third kappa shape index (κ3) is 4.66. The summed E-state index contributed by atoms with van der Waals surface area (Å²) in [7, 11) is 1.65. The normalized spacial score (nSPS) is 17.6. The quantitative estimate of drug-likeness (QED) is 0.577. The summed E-state index contributed by atoms with van der Waals surface area (Å²) in [6.45, 7) is 2.67. The first-order chi connectivity index (χ1) is 9.94. The molecule has 5 nitrogen and oxygen atoms in total. The van der Waals surface area contributed by atoms with E-state index in [1.54, 1.807) is 7.05 Å². The van der Waals surface area contributed by atoms with Crippen LogP contribution >= 0.6 is 12.2 Å². The molecular weight excluding hydrogens is 286 g/mol. The van der Waals surface area contributed by atoms with Gasteiger partial charge in [-0.2, -0.15) is 0 Å². The van der Waals surface area contributed by atoms with Crippen LogP contribution in [0.25, 0.3) is 0 Å². The molecule has 0 unspecified atom stereocenters. The molecule has 1 rings (SSSR count). The molecule has 0 aromatic carbocycles. The molecule has 6 heteroatoms. The first kappa shape index (κ1) is 17.9. The van der Waals surface area contributed by atoms with Gasteiger partial charge in [0.15, 0.2) is 0 Å². The van der Waals surface area contributed by atoms with Crippen LogP contribution in [0.2, 0.25) is 0 Å². The zero-order valence-corrected chi connectivity index (χ0v) is 13.9. The fourth-order valence-electron chi connectivity index (χ4n) is 2.87. The highest BCUT2D eigenvalue weighted by molar-refractivity contribution is 7.80. The fraction of sp³-hybridized carbons (Fsp3) is 0.800. The number of carbonyl (C=O) groups is 2. The molecule has 120 valence electrons. The van der Waals surface area contributed by atoms with Crippen LogP contribution in [0.15, 0.2) is 0 Å². The SMILES string of the molecule is CCCNC(=O)CN(C)C(=O)C1(C(N)=S)CCCCCC1. The second-order valence-corrected chi connectivity index (χ2v) is 6.31. The van der Waals surface area contributed by atoms with Crippen molar-refractivity contribution in [3.63, 3.8) is 0 Å². The van der Waals surface area contributed by atoms with Gasteiger partial charge < -0.3 is 16.0 Å². The van der Waals surface area contributed by atoms with Crippen molar-refractivity contribution in [2.45, 2.75) is 51.9 Å². The lowest BCUT2D eigenvalue weighted by molar-refractivity contribution is -0.140. The summed E-state index contributed by atoms with van der Waals surface area (Å²) >= 11 is 5.20. The van der Waals surface area contributed by atoms with E-state index < -0.39 is 5.41 Å². The number of rotatable bonds is 6. The first-order valence-electron chi connectivity index (χ1n) is 7.76. The molecule has 0 aromatic heterocycles. The number of thiocarbonyl (C=S) groups is 1. The van der Waals surface area contributed by atoms with Gasteiger partial charge in [-0.05, 0) is 19.3 Å². The topological polar surface area (TPSA) is 75.4 Å². The Morgan fingerprint density at radius 3 is 2.29 bits per heavy atom. The summed E-state index contributed by atoms with van der Waals surface area (Å²) in [5.41, 5.74) is 5.15. The molecule has 1 aliphatic rings. The first-order valence-corrected chi connectivity index (χ1v) is 8.17. The average molecular weight is 313 g/mol. The van der Waals surface area contributed by atoms with E-state index in [1.807, 2.05) is 6.92 Å². The molecule has 0 radical (unpaired) electrons. The lowest BCUT2D eigenvalue weighted by Crippen LogP contribution is -2.51. The average Bonchev–Trinajstić information content (AvgIpc) is 2.70. The Morgan fingerprint density at radius 1 is 1.24 bits per heavy atom. The highest BCUT2D eigenvalue weighted by Crippen LogP contribution is 2.37. The molecule has 3 N–H and O–H groups in total. The molecule has 21 heavy (non-hydrogen) atoms. The van der Waals surface area contributed by atoms with Crippen molar-refractivity contribution in [3.8, 4) is 0 Å². The van der Waals surface area contributed by atoms with Gasteiger partial charge in [0.05, 0.1) is 16.9 Å². The van der Waals surface area contributed by atoms with Gasteiger partial charge in [0.25, 0.3) is 0 Å². The van der Waals surface area contributed by atoms with Gasteiger partial charge in [-0.3, -0.25) is 9.59 Å². The van der Waals surface area contributed by atoms with Crippen molar-refractivity contribution in [2.75, 3.05) is 20.1 Å². The minimum Gasteiger partial charge on any atom is -0.392 e. The number of hydrogen-bond acceptors (Lipinski definition) is 3. The third-order valence-corrected chi connectivity index (χ3v) is 4.53. The van der Waals surface area contributed by atoms with Crippen molar-refractivity contribution < 1.29 is 9.59 Å². The summed E-state index contributed by atoms with van der Waals surface area (Å²) in [5.74, 6) is -0.247. The van der Waals surface area contributed by atoms with Crippen molar-refractivity contribution in [1.29, 1.82) is 0 Å². The summed E-state index contributed by atoms with van der Waals surface area (Å²) in [4.78, 5) is 26.3. The third-order valence-electron chi connectivity index (χ3n) is 4.14. The maximum absolute atomic E-state index is 12.8. The van der Waals surface area contributed by atoms with E-state index in [9.17, 15) is 9.59 Å². The second kappa shape index (κ2) is 8.32. The second-order valence-electron chi connectivity index (χ2n) is 5.87. The molecule has 2 amide bonds. The summed E-state index contributed by atoms with van der Waals surface area (Å²) in [6, 6.07) is 0. The summed E-state index contributed by atoms with van der Waals surface area (Å²) < 4.78 is 0. The van der Waals surface area contributed by atoms with Crippen molar-refractivity contribution in [2.24, 2.45) is 11.1 Å². The molecule has 0 saturated heterocycles. The predicted octanol–water partition coefficient (Wildman–Crippen LogP) is 1.60. The van der Waals surface area contributed by atoms with Crippen LogP contribution in [0.3, 0.4) is 0 Å². The fourth-order valence-corrected chi connectivity index (χ4v) is 3.16. The Hall–Kier alpha value is -1.17. The lowest BCUT2D eigenvalue weighted by atomic mass is 9.79. The largest absolute Gasteiger partial charge is 0.392 e. The molecule has 0 bridgehead atoms. The Labute approximate surface area is 132 Å². The molecule has 0 spiro atoms. The standard InChI is InChI=1S/C15H27N3O2S/c1-3-10-17-12(19)11-18(2)14(20)15(13(16)21)8-6-4-5-7-9-15/h3-11H2,1-2H3,(H2,16,21)(H,17,19). The lowest BCUT2D eigenvalue weighted by Gasteiger charge is -2.34. The van der Waals surface area contributed by atoms with E-state index in [0.29, 0.717) is 19.4 Å². The van der Waals surface area contributed by atoms with Crippen LogP contribution in [-0.4, -0.2) is 41.8 Å². The number of nitrogens with one attached hydrogen (secondary N) is 1. The van der Waals surface area contributed by atoms with Crippen LogP contribution < -0.4 is 11.1 Å². The molecule has 0 aliphatic heterocycles. The van der Waals surface area contributed by atoms with Crippen molar-refractivity contribution >= 4 is 29.0 Å². The molecular formula is C15H27N3O2S. The highest BCUT2D eigenvalue weighted by atomic mass is 32.1. The van der Waals surface area contributed by atoms with E-state index in [0.717, 1.165) is 32.1 Å². The predicted molar refractivity (Wildman–Crippen MR) is 87.9 cm³/mol. The van der Waals surface area contributed by atoms with Gasteiger partial charge in [-0.25, -0.2) is 0 Å².